The summed E-state index contributed by atoms with van der Waals surface area (Å²) in [6.07, 6.45) is 4.41. The van der Waals surface area contributed by atoms with Gasteiger partial charge in [0, 0.05) is 26.8 Å². The summed E-state index contributed by atoms with van der Waals surface area (Å²) in [4.78, 5) is 14.6. The molecule has 0 aromatic carbocycles. The van der Waals surface area contributed by atoms with Crippen molar-refractivity contribution >= 4 is 5.91 Å². The standard InChI is InChI=1S/C16H33N3O2/c1-4-11-19(13-15-6-9-17-10-7-15)14(2)16(20)18-8-5-12-21-3/h14-15,17H,4-13H2,1-3H3,(H,18,20). The topological polar surface area (TPSA) is 53.6 Å². The highest BCUT2D eigenvalue weighted by atomic mass is 16.5. The number of carbonyl (C=O) groups is 1. The summed E-state index contributed by atoms with van der Waals surface area (Å²) < 4.78 is 5.00. The lowest BCUT2D eigenvalue weighted by Gasteiger charge is -2.33. The summed E-state index contributed by atoms with van der Waals surface area (Å²) >= 11 is 0. The van der Waals surface area contributed by atoms with E-state index in [1.54, 1.807) is 7.11 Å². The second-order valence-electron chi connectivity index (χ2n) is 6.00. The van der Waals surface area contributed by atoms with E-state index in [9.17, 15) is 4.79 Å². The van der Waals surface area contributed by atoms with Gasteiger partial charge in [0.05, 0.1) is 6.04 Å². The van der Waals surface area contributed by atoms with Gasteiger partial charge < -0.3 is 15.4 Å². The fourth-order valence-corrected chi connectivity index (χ4v) is 2.87. The maximum atomic E-state index is 12.3. The quantitative estimate of drug-likeness (QED) is 0.596. The molecule has 2 N–H and O–H groups in total. The van der Waals surface area contributed by atoms with E-state index in [0.717, 1.165) is 44.9 Å². The Labute approximate surface area is 129 Å². The summed E-state index contributed by atoms with van der Waals surface area (Å²) in [6.45, 7) is 9.87. The van der Waals surface area contributed by atoms with Crippen LogP contribution < -0.4 is 10.6 Å². The predicted octanol–water partition coefficient (Wildman–Crippen LogP) is 1.24. The molecule has 0 spiro atoms. The zero-order valence-corrected chi connectivity index (χ0v) is 14.0. The predicted molar refractivity (Wildman–Crippen MR) is 86.4 cm³/mol. The van der Waals surface area contributed by atoms with Gasteiger partial charge in [-0.1, -0.05) is 6.92 Å². The van der Waals surface area contributed by atoms with Gasteiger partial charge >= 0.3 is 0 Å². The first-order chi connectivity index (χ1) is 10.2. The third-order valence-electron chi connectivity index (χ3n) is 4.21. The Balaban J connectivity index is 2.39. The van der Waals surface area contributed by atoms with Gasteiger partial charge in [0.2, 0.25) is 5.91 Å². The van der Waals surface area contributed by atoms with Crippen molar-refractivity contribution in [1.29, 1.82) is 0 Å². The van der Waals surface area contributed by atoms with Crippen LogP contribution in [-0.2, 0) is 9.53 Å². The molecule has 1 amide bonds. The highest BCUT2D eigenvalue weighted by molar-refractivity contribution is 5.81. The molecular weight excluding hydrogens is 266 g/mol. The third kappa shape index (κ3) is 7.25. The molecule has 0 saturated carbocycles. The lowest BCUT2D eigenvalue weighted by atomic mass is 9.97. The molecule has 5 heteroatoms. The second kappa shape index (κ2) is 11.0. The minimum atomic E-state index is -0.0395. The summed E-state index contributed by atoms with van der Waals surface area (Å²) in [5, 5.41) is 6.42. The minimum absolute atomic E-state index is 0.0395. The molecule has 0 bridgehead atoms. The molecule has 0 aromatic rings. The second-order valence-corrected chi connectivity index (χ2v) is 6.00. The first kappa shape index (κ1) is 18.4. The molecule has 124 valence electrons. The monoisotopic (exact) mass is 299 g/mol. The van der Waals surface area contributed by atoms with E-state index in [1.165, 1.54) is 12.8 Å². The number of hydrogen-bond acceptors (Lipinski definition) is 4. The largest absolute Gasteiger partial charge is 0.385 e. The van der Waals surface area contributed by atoms with Crippen molar-refractivity contribution in [3.05, 3.63) is 0 Å². The lowest BCUT2D eigenvalue weighted by Crippen LogP contribution is -2.48. The molecular formula is C16H33N3O2. The van der Waals surface area contributed by atoms with E-state index in [2.05, 4.69) is 22.5 Å². The Morgan fingerprint density at radius 2 is 2.14 bits per heavy atom. The number of nitrogens with one attached hydrogen (secondary N) is 2. The van der Waals surface area contributed by atoms with E-state index >= 15 is 0 Å². The van der Waals surface area contributed by atoms with Crippen LogP contribution in [0.4, 0.5) is 0 Å². The van der Waals surface area contributed by atoms with E-state index in [0.29, 0.717) is 13.2 Å². The van der Waals surface area contributed by atoms with E-state index in [4.69, 9.17) is 4.74 Å². The molecule has 21 heavy (non-hydrogen) atoms. The van der Waals surface area contributed by atoms with Crippen molar-refractivity contribution in [1.82, 2.24) is 15.5 Å². The van der Waals surface area contributed by atoms with Gasteiger partial charge in [-0.15, -0.1) is 0 Å². The van der Waals surface area contributed by atoms with Crippen molar-refractivity contribution in [2.75, 3.05) is 46.4 Å². The zero-order valence-electron chi connectivity index (χ0n) is 14.0. The summed E-state index contributed by atoms with van der Waals surface area (Å²) in [5.41, 5.74) is 0. The summed E-state index contributed by atoms with van der Waals surface area (Å²) in [7, 11) is 1.69. The third-order valence-corrected chi connectivity index (χ3v) is 4.21. The van der Waals surface area contributed by atoms with E-state index in [-0.39, 0.29) is 11.9 Å². The van der Waals surface area contributed by atoms with Crippen LogP contribution in [0.3, 0.4) is 0 Å². The van der Waals surface area contributed by atoms with Crippen molar-refractivity contribution in [2.45, 2.75) is 45.6 Å². The fraction of sp³-hybridized carbons (Fsp3) is 0.938. The first-order valence-electron chi connectivity index (χ1n) is 8.40. The number of carbonyl (C=O) groups excluding carboxylic acids is 1. The molecule has 1 atom stereocenters. The summed E-state index contributed by atoms with van der Waals surface area (Å²) in [5.74, 6) is 0.870. The summed E-state index contributed by atoms with van der Waals surface area (Å²) in [6, 6.07) is -0.0395. The average molecular weight is 299 g/mol. The molecule has 5 nitrogen and oxygen atoms in total. The molecule has 1 fully saturated rings. The van der Waals surface area contributed by atoms with Gasteiger partial charge in [0.15, 0.2) is 0 Å². The van der Waals surface area contributed by atoms with Crippen LogP contribution >= 0.6 is 0 Å². The van der Waals surface area contributed by atoms with Crippen molar-refractivity contribution in [3.63, 3.8) is 0 Å². The Hall–Kier alpha value is -0.650. The number of rotatable bonds is 10. The highest BCUT2D eigenvalue weighted by Gasteiger charge is 2.24. The average Bonchev–Trinajstić information content (AvgIpc) is 2.51. The van der Waals surface area contributed by atoms with Crippen molar-refractivity contribution in [2.24, 2.45) is 5.92 Å². The van der Waals surface area contributed by atoms with Crippen LogP contribution in [-0.4, -0.2) is 63.3 Å². The van der Waals surface area contributed by atoms with Crippen LogP contribution in [0.25, 0.3) is 0 Å². The number of amides is 1. The molecule has 1 heterocycles. The minimum Gasteiger partial charge on any atom is -0.385 e. The maximum Gasteiger partial charge on any atom is 0.237 e. The zero-order chi connectivity index (χ0) is 15.5. The number of piperidine rings is 1. The highest BCUT2D eigenvalue weighted by Crippen LogP contribution is 2.15. The molecule has 1 saturated heterocycles. The lowest BCUT2D eigenvalue weighted by molar-refractivity contribution is -0.126. The molecule has 1 rings (SSSR count). The van der Waals surface area contributed by atoms with Crippen LogP contribution in [0.1, 0.15) is 39.5 Å². The van der Waals surface area contributed by atoms with Gasteiger partial charge in [0.25, 0.3) is 0 Å². The number of methoxy groups -OCH3 is 1. The fourth-order valence-electron chi connectivity index (χ4n) is 2.87. The van der Waals surface area contributed by atoms with Gasteiger partial charge in [-0.25, -0.2) is 0 Å². The first-order valence-corrected chi connectivity index (χ1v) is 8.40. The Morgan fingerprint density at radius 1 is 1.43 bits per heavy atom. The Kier molecular flexibility index (Phi) is 9.63. The number of ether oxygens (including phenoxy) is 1. The van der Waals surface area contributed by atoms with Crippen molar-refractivity contribution < 1.29 is 9.53 Å². The maximum absolute atomic E-state index is 12.3. The Morgan fingerprint density at radius 3 is 2.76 bits per heavy atom. The molecule has 0 aromatic heterocycles. The van der Waals surface area contributed by atoms with Gasteiger partial charge in [-0.05, 0) is 58.2 Å². The van der Waals surface area contributed by atoms with Crippen LogP contribution in [0.15, 0.2) is 0 Å². The van der Waals surface area contributed by atoms with Crippen LogP contribution in [0.5, 0.6) is 0 Å². The van der Waals surface area contributed by atoms with E-state index < -0.39 is 0 Å². The van der Waals surface area contributed by atoms with E-state index in [1.807, 2.05) is 6.92 Å². The van der Waals surface area contributed by atoms with Gasteiger partial charge in [-0.2, -0.15) is 0 Å². The molecule has 0 aliphatic carbocycles. The normalized spacial score (nSPS) is 17.9. The Bertz CT molecular complexity index is 281. The number of nitrogens with zero attached hydrogens (tertiary/aromatic N) is 1. The SMILES string of the molecule is CCCN(CC1CCNCC1)C(C)C(=O)NCCCOC. The molecule has 1 aliphatic heterocycles. The molecule has 1 unspecified atom stereocenters. The van der Waals surface area contributed by atoms with Gasteiger partial charge in [-0.3, -0.25) is 9.69 Å². The van der Waals surface area contributed by atoms with Crippen LogP contribution in [0.2, 0.25) is 0 Å². The molecule has 1 aliphatic rings. The van der Waals surface area contributed by atoms with Gasteiger partial charge in [0.1, 0.15) is 0 Å². The number of hydrogen-bond donors (Lipinski definition) is 2. The molecule has 0 radical (unpaired) electrons. The van der Waals surface area contributed by atoms with Crippen molar-refractivity contribution in [3.8, 4) is 0 Å². The van der Waals surface area contributed by atoms with Crippen LogP contribution in [0, 0.1) is 5.92 Å². The smallest absolute Gasteiger partial charge is 0.237 e.